The molecule has 0 fully saturated rings. The zero-order chi connectivity index (χ0) is 22.2. The number of fused-ring (bicyclic) bond motifs is 2. The number of methoxy groups -OCH3 is 1. The molecule has 0 bridgehead atoms. The van der Waals surface area contributed by atoms with Crippen molar-refractivity contribution in [1.29, 1.82) is 0 Å². The average Bonchev–Trinajstić information content (AvgIpc) is 2.95. The number of Topliss-reactive ketones (excluding diaryl/α,β-unsaturated/α-hetero) is 1. The summed E-state index contributed by atoms with van der Waals surface area (Å²) in [6.45, 7) is 2.87. The molecule has 2 aromatic carbocycles. The van der Waals surface area contributed by atoms with E-state index in [2.05, 4.69) is 11.0 Å². The maximum absolute atomic E-state index is 12.7. The molecule has 0 amide bonds. The summed E-state index contributed by atoms with van der Waals surface area (Å²) in [6.07, 6.45) is 3.21. The lowest BCUT2D eigenvalue weighted by Gasteiger charge is -2.29. The van der Waals surface area contributed by atoms with Gasteiger partial charge in [0.2, 0.25) is 0 Å². The molecule has 0 radical (unpaired) electrons. The molecule has 0 aliphatic carbocycles. The second-order valence-electron chi connectivity index (χ2n) is 8.15. The van der Waals surface area contributed by atoms with E-state index in [1.807, 2.05) is 12.1 Å². The van der Waals surface area contributed by atoms with E-state index in [-0.39, 0.29) is 5.78 Å². The fourth-order valence-electron chi connectivity index (χ4n) is 4.43. The zero-order valence-electron chi connectivity index (χ0n) is 18.3. The van der Waals surface area contributed by atoms with Crippen LogP contribution in [0.2, 0.25) is 0 Å². The van der Waals surface area contributed by atoms with Crippen molar-refractivity contribution in [3.63, 3.8) is 0 Å². The Bertz CT molecular complexity index is 1100. The van der Waals surface area contributed by atoms with E-state index < -0.39 is 10.2 Å². The number of ketones is 1. The second kappa shape index (κ2) is 8.51. The minimum Gasteiger partial charge on any atom is -0.496 e. The largest absolute Gasteiger partial charge is 0.496 e. The number of nitrogens with zero attached hydrogens (tertiary/aromatic N) is 3. The molecular formula is C23H29N3O4S. The van der Waals surface area contributed by atoms with Crippen LogP contribution in [0.25, 0.3) is 0 Å². The van der Waals surface area contributed by atoms with E-state index in [9.17, 15) is 13.2 Å². The van der Waals surface area contributed by atoms with Crippen molar-refractivity contribution >= 4 is 27.4 Å². The highest BCUT2D eigenvalue weighted by Crippen LogP contribution is 2.39. The number of ether oxygens (including phenoxy) is 1. The van der Waals surface area contributed by atoms with Crippen LogP contribution in [0.1, 0.15) is 40.7 Å². The Hall–Kier alpha value is -2.58. The number of hydrogen-bond donors (Lipinski definition) is 0. The maximum atomic E-state index is 12.7. The van der Waals surface area contributed by atoms with E-state index >= 15 is 0 Å². The molecule has 8 heteroatoms. The smallest absolute Gasteiger partial charge is 0.326 e. The van der Waals surface area contributed by atoms with Gasteiger partial charge in [0.25, 0.3) is 0 Å². The number of carbonyl (C=O) groups excluding carboxylic acids is 1. The van der Waals surface area contributed by atoms with Gasteiger partial charge in [-0.3, -0.25) is 18.3 Å². The molecule has 31 heavy (non-hydrogen) atoms. The van der Waals surface area contributed by atoms with E-state index in [1.165, 1.54) is 33.8 Å². The summed E-state index contributed by atoms with van der Waals surface area (Å²) in [6, 6.07) is 11.3. The Morgan fingerprint density at radius 3 is 2.61 bits per heavy atom. The van der Waals surface area contributed by atoms with Crippen molar-refractivity contribution in [3.8, 4) is 5.75 Å². The molecular weight excluding hydrogens is 414 g/mol. The SMILES string of the molecule is COc1cccc2c1CCN(CCCCC(=O)c1ccc3c(c1)N(C)S(=O)(=O)N3C)C2. The Balaban J connectivity index is 1.29. The molecule has 0 aromatic heterocycles. The molecule has 2 aliphatic rings. The van der Waals surface area contributed by atoms with Gasteiger partial charge in [-0.05, 0) is 61.2 Å². The molecule has 0 N–H and O–H groups in total. The molecule has 2 heterocycles. The molecule has 0 saturated carbocycles. The maximum Gasteiger partial charge on any atom is 0.326 e. The summed E-state index contributed by atoms with van der Waals surface area (Å²) in [5, 5.41) is 0. The lowest BCUT2D eigenvalue weighted by Crippen LogP contribution is -2.32. The highest BCUT2D eigenvalue weighted by Gasteiger charge is 2.35. The van der Waals surface area contributed by atoms with Crippen molar-refractivity contribution in [2.75, 3.05) is 42.9 Å². The number of hydrogen-bond acceptors (Lipinski definition) is 5. The van der Waals surface area contributed by atoms with Crippen LogP contribution in [0.3, 0.4) is 0 Å². The monoisotopic (exact) mass is 443 g/mol. The number of carbonyl (C=O) groups is 1. The van der Waals surface area contributed by atoms with Crippen molar-refractivity contribution in [2.24, 2.45) is 0 Å². The minimum atomic E-state index is -3.52. The molecule has 2 aliphatic heterocycles. The van der Waals surface area contributed by atoms with Crippen LogP contribution in [0, 0.1) is 0 Å². The predicted molar refractivity (Wildman–Crippen MR) is 122 cm³/mol. The van der Waals surface area contributed by atoms with Gasteiger partial charge in [0.15, 0.2) is 5.78 Å². The minimum absolute atomic E-state index is 0.0527. The van der Waals surface area contributed by atoms with E-state index in [1.54, 1.807) is 25.3 Å². The van der Waals surface area contributed by atoms with Gasteiger partial charge in [-0.25, -0.2) is 0 Å². The van der Waals surface area contributed by atoms with Crippen molar-refractivity contribution < 1.29 is 17.9 Å². The molecule has 0 atom stereocenters. The van der Waals surface area contributed by atoms with Crippen LogP contribution in [0.5, 0.6) is 5.75 Å². The van der Waals surface area contributed by atoms with Gasteiger partial charge >= 0.3 is 10.2 Å². The standard InChI is InChI=1S/C23H29N3O4S/c1-24-20-11-10-17(15-21(20)25(2)31(24,28)29)22(27)8-4-5-13-26-14-12-19-18(16-26)7-6-9-23(19)30-3/h6-7,9-11,15H,4-5,8,12-14,16H2,1-3H3. The van der Waals surface area contributed by atoms with Crippen molar-refractivity contribution in [3.05, 3.63) is 53.1 Å². The first kappa shape index (κ1) is 21.6. The van der Waals surface area contributed by atoms with Gasteiger partial charge < -0.3 is 4.74 Å². The Morgan fingerprint density at radius 1 is 1.06 bits per heavy atom. The molecule has 0 saturated heterocycles. The molecule has 166 valence electrons. The van der Waals surface area contributed by atoms with Crippen molar-refractivity contribution in [1.82, 2.24) is 4.90 Å². The van der Waals surface area contributed by atoms with E-state index in [0.717, 1.165) is 44.6 Å². The summed E-state index contributed by atoms with van der Waals surface area (Å²) < 4.78 is 32.5. The van der Waals surface area contributed by atoms with Gasteiger partial charge in [-0.2, -0.15) is 8.42 Å². The van der Waals surface area contributed by atoms with Gasteiger partial charge in [0.05, 0.1) is 18.5 Å². The van der Waals surface area contributed by atoms with Crippen LogP contribution in [-0.2, 0) is 23.2 Å². The third-order valence-corrected chi connectivity index (χ3v) is 8.10. The number of unbranched alkanes of at least 4 members (excludes halogenated alkanes) is 1. The van der Waals surface area contributed by atoms with Gasteiger partial charge in [0, 0.05) is 39.2 Å². The number of rotatable bonds is 7. The highest BCUT2D eigenvalue weighted by atomic mass is 32.2. The molecule has 0 unspecified atom stereocenters. The summed E-state index contributed by atoms with van der Waals surface area (Å²) in [7, 11) is 1.23. The second-order valence-corrected chi connectivity index (χ2v) is 10.1. The van der Waals surface area contributed by atoms with Crippen LogP contribution in [0.15, 0.2) is 36.4 Å². The quantitative estimate of drug-likeness (QED) is 0.485. The lowest BCUT2D eigenvalue weighted by molar-refractivity contribution is 0.0977. The van der Waals surface area contributed by atoms with Crippen LogP contribution >= 0.6 is 0 Å². The zero-order valence-corrected chi connectivity index (χ0v) is 19.1. The summed E-state index contributed by atoms with van der Waals surface area (Å²) in [4.78, 5) is 15.1. The summed E-state index contributed by atoms with van der Waals surface area (Å²) in [5.74, 6) is 1.03. The summed E-state index contributed by atoms with van der Waals surface area (Å²) >= 11 is 0. The lowest BCUT2D eigenvalue weighted by atomic mass is 9.98. The first-order valence-corrected chi connectivity index (χ1v) is 12.0. The van der Waals surface area contributed by atoms with Gasteiger partial charge in [-0.15, -0.1) is 0 Å². The van der Waals surface area contributed by atoms with Crippen LogP contribution < -0.4 is 13.3 Å². The number of benzene rings is 2. The predicted octanol–water partition coefficient (Wildman–Crippen LogP) is 3.24. The molecule has 2 aromatic rings. The van der Waals surface area contributed by atoms with Crippen LogP contribution in [0.4, 0.5) is 11.4 Å². The summed E-state index contributed by atoms with van der Waals surface area (Å²) in [5.41, 5.74) is 4.35. The molecule has 7 nitrogen and oxygen atoms in total. The fourth-order valence-corrected chi connectivity index (χ4v) is 5.59. The van der Waals surface area contributed by atoms with E-state index in [4.69, 9.17) is 4.74 Å². The topological polar surface area (TPSA) is 70.2 Å². The van der Waals surface area contributed by atoms with Gasteiger partial charge in [-0.1, -0.05) is 12.1 Å². The van der Waals surface area contributed by atoms with Crippen molar-refractivity contribution in [2.45, 2.75) is 32.2 Å². The highest BCUT2D eigenvalue weighted by molar-refractivity contribution is 7.94. The Labute approximate surface area is 184 Å². The molecule has 4 rings (SSSR count). The fraction of sp³-hybridized carbons (Fsp3) is 0.435. The third kappa shape index (κ3) is 4.02. The third-order valence-electron chi connectivity index (χ3n) is 6.32. The number of anilines is 2. The first-order valence-electron chi connectivity index (χ1n) is 10.6. The van der Waals surface area contributed by atoms with E-state index in [0.29, 0.717) is 23.4 Å². The van der Waals surface area contributed by atoms with Crippen LogP contribution in [-0.4, -0.2) is 53.4 Å². The average molecular weight is 444 g/mol. The normalized spacial score (nSPS) is 17.4. The Morgan fingerprint density at radius 2 is 1.84 bits per heavy atom. The Kier molecular flexibility index (Phi) is 5.94. The first-order chi connectivity index (χ1) is 14.8. The molecule has 0 spiro atoms. The van der Waals surface area contributed by atoms with Gasteiger partial charge in [0.1, 0.15) is 5.75 Å².